The molecule has 7 heteroatoms. The van der Waals surface area contributed by atoms with Gasteiger partial charge in [-0.3, -0.25) is 0 Å². The van der Waals surface area contributed by atoms with E-state index in [9.17, 15) is 9.59 Å². The largest absolute Gasteiger partial charge is 0.480 e. The number of nitrogens with one attached hydrogen (secondary N) is 1. The number of carboxylic acid groups (broad SMARTS) is 1. The van der Waals surface area contributed by atoms with E-state index >= 15 is 0 Å². The lowest BCUT2D eigenvalue weighted by atomic mass is 10.1. The van der Waals surface area contributed by atoms with Crippen molar-refractivity contribution in [2.45, 2.75) is 6.42 Å². The maximum absolute atomic E-state index is 11.7. The Bertz CT molecular complexity index is 311. The number of hydrogen-bond donors (Lipinski definition) is 2. The van der Waals surface area contributed by atoms with E-state index in [1.807, 2.05) is 0 Å². The van der Waals surface area contributed by atoms with Gasteiger partial charge >= 0.3 is 12.0 Å². The highest BCUT2D eigenvalue weighted by Gasteiger charge is 2.22. The van der Waals surface area contributed by atoms with Crippen molar-refractivity contribution in [2.24, 2.45) is 5.92 Å². The number of urea groups is 1. The molecule has 2 N–H and O–H groups in total. The molecule has 1 unspecified atom stereocenters. The van der Waals surface area contributed by atoms with E-state index in [1.165, 1.54) is 0 Å². The predicted octanol–water partition coefficient (Wildman–Crippen LogP) is -0.319. The zero-order chi connectivity index (χ0) is 14.3. The number of hydrogen-bond acceptors (Lipinski definition) is 4. The summed E-state index contributed by atoms with van der Waals surface area (Å²) in [5.74, 6) is -0.474. The molecular weight excluding hydrogens is 250 g/mol. The lowest BCUT2D eigenvalue weighted by Gasteiger charge is -2.21. The van der Waals surface area contributed by atoms with Crippen molar-refractivity contribution in [3.05, 3.63) is 0 Å². The summed E-state index contributed by atoms with van der Waals surface area (Å²) in [6.07, 6.45) is 1.12. The highest BCUT2D eigenvalue weighted by atomic mass is 16.5. The molecule has 0 radical (unpaired) electrons. The van der Waals surface area contributed by atoms with Gasteiger partial charge in [0, 0.05) is 26.7 Å². The molecule has 1 aliphatic heterocycles. The molecule has 1 aliphatic rings. The van der Waals surface area contributed by atoms with Crippen LogP contribution in [-0.4, -0.2) is 80.4 Å². The third-order valence-corrected chi connectivity index (χ3v) is 3.12. The van der Waals surface area contributed by atoms with Gasteiger partial charge in [0.2, 0.25) is 0 Å². The van der Waals surface area contributed by atoms with Crippen LogP contribution in [0, 0.1) is 5.92 Å². The van der Waals surface area contributed by atoms with Gasteiger partial charge in [0.25, 0.3) is 0 Å². The van der Waals surface area contributed by atoms with Gasteiger partial charge in [-0.05, 0) is 25.9 Å². The van der Waals surface area contributed by atoms with Gasteiger partial charge in [0.05, 0.1) is 6.61 Å². The molecule has 7 nitrogen and oxygen atoms in total. The first kappa shape index (κ1) is 15.7. The van der Waals surface area contributed by atoms with Crippen molar-refractivity contribution in [2.75, 3.05) is 53.5 Å². The fourth-order valence-corrected chi connectivity index (χ4v) is 2.17. The Morgan fingerprint density at radius 1 is 1.53 bits per heavy atom. The van der Waals surface area contributed by atoms with E-state index in [0.29, 0.717) is 12.5 Å². The van der Waals surface area contributed by atoms with Crippen LogP contribution in [-0.2, 0) is 9.53 Å². The van der Waals surface area contributed by atoms with Gasteiger partial charge in [-0.15, -0.1) is 0 Å². The average Bonchev–Trinajstić information content (AvgIpc) is 2.73. The van der Waals surface area contributed by atoms with Gasteiger partial charge in [-0.25, -0.2) is 9.59 Å². The van der Waals surface area contributed by atoms with E-state index in [4.69, 9.17) is 9.84 Å². The summed E-state index contributed by atoms with van der Waals surface area (Å²) in [4.78, 5) is 25.9. The van der Waals surface area contributed by atoms with Crippen LogP contribution in [0.1, 0.15) is 6.42 Å². The lowest BCUT2D eigenvalue weighted by Crippen LogP contribution is -2.41. The Balaban J connectivity index is 2.09. The predicted molar refractivity (Wildman–Crippen MR) is 70.1 cm³/mol. The summed E-state index contributed by atoms with van der Waals surface area (Å²) in [5, 5.41) is 11.1. The number of aliphatic carboxylic acids is 1. The Kier molecular flexibility index (Phi) is 6.58. The van der Waals surface area contributed by atoms with Crippen LogP contribution in [0.2, 0.25) is 0 Å². The zero-order valence-corrected chi connectivity index (χ0v) is 11.6. The van der Waals surface area contributed by atoms with Crippen molar-refractivity contribution >= 4 is 12.0 Å². The Morgan fingerprint density at radius 3 is 2.84 bits per heavy atom. The molecule has 0 saturated carbocycles. The third-order valence-electron chi connectivity index (χ3n) is 3.12. The smallest absolute Gasteiger partial charge is 0.329 e. The fourth-order valence-electron chi connectivity index (χ4n) is 2.17. The van der Waals surface area contributed by atoms with Crippen LogP contribution in [0.5, 0.6) is 0 Å². The lowest BCUT2D eigenvalue weighted by molar-refractivity contribution is -0.142. The summed E-state index contributed by atoms with van der Waals surface area (Å²) in [6, 6.07) is -0.145. The molecule has 0 spiro atoms. The summed E-state index contributed by atoms with van der Waals surface area (Å²) < 4.78 is 4.83. The molecule has 2 amide bonds. The quantitative estimate of drug-likeness (QED) is 0.621. The molecule has 0 bridgehead atoms. The van der Waals surface area contributed by atoms with E-state index in [2.05, 4.69) is 17.3 Å². The van der Waals surface area contributed by atoms with Gasteiger partial charge in [-0.2, -0.15) is 0 Å². The Labute approximate surface area is 113 Å². The minimum Gasteiger partial charge on any atom is -0.480 e. The second-order valence-corrected chi connectivity index (χ2v) is 4.98. The second kappa shape index (κ2) is 7.96. The molecule has 1 saturated heterocycles. The van der Waals surface area contributed by atoms with Crippen LogP contribution >= 0.6 is 0 Å². The number of rotatable bonds is 7. The van der Waals surface area contributed by atoms with Crippen molar-refractivity contribution in [1.29, 1.82) is 0 Å². The number of carbonyl (C=O) groups excluding carboxylic acids is 1. The second-order valence-electron chi connectivity index (χ2n) is 4.98. The first-order valence-electron chi connectivity index (χ1n) is 6.46. The number of amides is 2. The van der Waals surface area contributed by atoms with Crippen LogP contribution < -0.4 is 5.32 Å². The fraction of sp³-hybridized carbons (Fsp3) is 0.833. The van der Waals surface area contributed by atoms with Gasteiger partial charge in [0.1, 0.15) is 6.61 Å². The molecular formula is C12H23N3O4. The summed E-state index contributed by atoms with van der Waals surface area (Å²) in [6.45, 7) is 3.05. The van der Waals surface area contributed by atoms with Crippen molar-refractivity contribution < 1.29 is 19.4 Å². The van der Waals surface area contributed by atoms with E-state index in [0.717, 1.165) is 26.1 Å². The monoisotopic (exact) mass is 273 g/mol. The van der Waals surface area contributed by atoms with Crippen LogP contribution in [0.3, 0.4) is 0 Å². The first-order chi connectivity index (χ1) is 8.99. The minimum absolute atomic E-state index is 0.145. The van der Waals surface area contributed by atoms with Crippen LogP contribution in [0.15, 0.2) is 0 Å². The van der Waals surface area contributed by atoms with Crippen molar-refractivity contribution in [3.8, 4) is 0 Å². The maximum atomic E-state index is 11.7. The van der Waals surface area contributed by atoms with Gasteiger partial charge in [-0.1, -0.05) is 0 Å². The number of carboxylic acids is 1. The highest BCUT2D eigenvalue weighted by molar-refractivity contribution is 5.73. The molecule has 110 valence electrons. The first-order valence-corrected chi connectivity index (χ1v) is 6.46. The topological polar surface area (TPSA) is 82.1 Å². The maximum Gasteiger partial charge on any atom is 0.329 e. The summed E-state index contributed by atoms with van der Waals surface area (Å²) >= 11 is 0. The number of ether oxygens (including phenoxy) is 1. The van der Waals surface area contributed by atoms with Crippen LogP contribution in [0.4, 0.5) is 4.79 Å². The molecule has 0 aromatic carbocycles. The normalized spacial score (nSPS) is 19.4. The van der Waals surface area contributed by atoms with E-state index in [1.54, 1.807) is 11.9 Å². The summed E-state index contributed by atoms with van der Waals surface area (Å²) in [5.41, 5.74) is 0. The minimum atomic E-state index is -1.01. The SMILES string of the molecule is CN1CCC(CN(C)C(=O)NCCOCC(=O)O)C1. The van der Waals surface area contributed by atoms with Gasteiger partial charge in [0.15, 0.2) is 0 Å². The van der Waals surface area contributed by atoms with Gasteiger partial charge < -0.3 is 25.0 Å². The molecule has 1 atom stereocenters. The molecule has 1 fully saturated rings. The van der Waals surface area contributed by atoms with E-state index < -0.39 is 5.97 Å². The molecule has 19 heavy (non-hydrogen) atoms. The van der Waals surface area contributed by atoms with Crippen molar-refractivity contribution in [1.82, 2.24) is 15.1 Å². The number of nitrogens with zero attached hydrogens (tertiary/aromatic N) is 2. The third kappa shape index (κ3) is 6.40. The highest BCUT2D eigenvalue weighted by Crippen LogP contribution is 2.14. The molecule has 0 aliphatic carbocycles. The molecule has 1 rings (SSSR count). The molecule has 1 heterocycles. The number of carbonyl (C=O) groups is 2. The number of likely N-dealkylation sites (tertiary alicyclic amines) is 1. The summed E-state index contributed by atoms with van der Waals surface area (Å²) in [7, 11) is 3.85. The Hall–Kier alpha value is -1.34. The Morgan fingerprint density at radius 2 is 2.26 bits per heavy atom. The molecule has 0 aromatic heterocycles. The standard InChI is InChI=1S/C12H23N3O4/c1-14-5-3-10(7-14)8-15(2)12(18)13-4-6-19-9-11(16)17/h10H,3-9H2,1-2H3,(H,13,18)(H,16,17). The average molecular weight is 273 g/mol. The van der Waals surface area contributed by atoms with Crippen molar-refractivity contribution in [3.63, 3.8) is 0 Å². The van der Waals surface area contributed by atoms with Crippen LogP contribution in [0.25, 0.3) is 0 Å². The van der Waals surface area contributed by atoms with E-state index in [-0.39, 0.29) is 19.2 Å². The zero-order valence-electron chi connectivity index (χ0n) is 11.6. The molecule has 0 aromatic rings.